The van der Waals surface area contributed by atoms with E-state index in [2.05, 4.69) is 25.3 Å². The second-order valence-corrected chi connectivity index (χ2v) is 5.33. The van der Waals surface area contributed by atoms with Crippen LogP contribution in [0, 0.1) is 0 Å². The molecule has 0 aromatic carbocycles. The van der Waals surface area contributed by atoms with Crippen LogP contribution in [-0.2, 0) is 4.79 Å². The summed E-state index contributed by atoms with van der Waals surface area (Å²) in [5.41, 5.74) is 0. The zero-order valence-corrected chi connectivity index (χ0v) is 11.6. The van der Waals surface area contributed by atoms with Crippen LogP contribution in [0.4, 0.5) is 0 Å². The lowest BCUT2D eigenvalue weighted by molar-refractivity contribution is -0.138. The van der Waals surface area contributed by atoms with Crippen LogP contribution in [-0.4, -0.2) is 59.1 Å². The summed E-state index contributed by atoms with van der Waals surface area (Å²) >= 11 is 0. The Hall–Kier alpha value is -0.870. The minimum absolute atomic E-state index is 0.123. The van der Waals surface area contributed by atoms with Crippen molar-refractivity contribution in [2.45, 2.75) is 45.2 Å². The zero-order chi connectivity index (χ0) is 13.5. The standard InChI is InChI=1S/C14H26N2O2/c1-4-8-16(11-14(17)18)13-6-5-9-15(10-7-13)12(2)3/h4,12-13H,1,5-11H2,2-3H3,(H,17,18). The van der Waals surface area contributed by atoms with Crippen LogP contribution < -0.4 is 0 Å². The average Bonchev–Trinajstić information content (AvgIpc) is 2.53. The van der Waals surface area contributed by atoms with Gasteiger partial charge in [0.1, 0.15) is 0 Å². The molecule has 1 aliphatic heterocycles. The van der Waals surface area contributed by atoms with E-state index in [0.717, 1.165) is 32.4 Å². The van der Waals surface area contributed by atoms with E-state index in [1.165, 1.54) is 0 Å². The average molecular weight is 254 g/mol. The highest BCUT2D eigenvalue weighted by Gasteiger charge is 2.24. The van der Waals surface area contributed by atoms with Gasteiger partial charge in [-0.25, -0.2) is 0 Å². The fourth-order valence-corrected chi connectivity index (χ4v) is 2.66. The van der Waals surface area contributed by atoms with E-state index in [0.29, 0.717) is 18.6 Å². The van der Waals surface area contributed by atoms with Crippen LogP contribution in [0.1, 0.15) is 33.1 Å². The lowest BCUT2D eigenvalue weighted by Gasteiger charge is -2.29. The van der Waals surface area contributed by atoms with Gasteiger partial charge in [0, 0.05) is 18.6 Å². The second-order valence-electron chi connectivity index (χ2n) is 5.33. The molecule has 4 heteroatoms. The third kappa shape index (κ3) is 4.78. The molecule has 0 bridgehead atoms. The molecule has 18 heavy (non-hydrogen) atoms. The van der Waals surface area contributed by atoms with E-state index in [1.807, 2.05) is 4.90 Å². The number of rotatable bonds is 6. The fourth-order valence-electron chi connectivity index (χ4n) is 2.66. The van der Waals surface area contributed by atoms with Gasteiger partial charge in [-0.2, -0.15) is 0 Å². The van der Waals surface area contributed by atoms with Crippen LogP contribution in [0.15, 0.2) is 12.7 Å². The second kappa shape index (κ2) is 7.54. The minimum Gasteiger partial charge on any atom is -0.480 e. The zero-order valence-electron chi connectivity index (χ0n) is 11.6. The molecule has 1 aliphatic rings. The van der Waals surface area contributed by atoms with Crippen molar-refractivity contribution < 1.29 is 9.90 Å². The molecule has 104 valence electrons. The van der Waals surface area contributed by atoms with Crippen LogP contribution in [0.5, 0.6) is 0 Å². The predicted octanol–water partition coefficient (Wildman–Crippen LogP) is 1.82. The van der Waals surface area contributed by atoms with E-state index in [4.69, 9.17) is 5.11 Å². The van der Waals surface area contributed by atoms with Crippen molar-refractivity contribution in [2.24, 2.45) is 0 Å². The number of aliphatic carboxylic acids is 1. The van der Waals surface area contributed by atoms with Gasteiger partial charge in [-0.05, 0) is 46.2 Å². The summed E-state index contributed by atoms with van der Waals surface area (Å²) in [6, 6.07) is 0.957. The normalized spacial score (nSPS) is 22.1. The molecule has 1 atom stereocenters. The van der Waals surface area contributed by atoms with Gasteiger partial charge in [-0.1, -0.05) is 6.08 Å². The van der Waals surface area contributed by atoms with Crippen LogP contribution in [0.2, 0.25) is 0 Å². The molecule has 0 aromatic heterocycles. The van der Waals surface area contributed by atoms with Crippen LogP contribution >= 0.6 is 0 Å². The van der Waals surface area contributed by atoms with E-state index in [1.54, 1.807) is 6.08 Å². The summed E-state index contributed by atoms with van der Waals surface area (Å²) in [5.74, 6) is -0.748. The van der Waals surface area contributed by atoms with Crippen molar-refractivity contribution in [3.63, 3.8) is 0 Å². The van der Waals surface area contributed by atoms with E-state index in [9.17, 15) is 4.79 Å². The third-order valence-corrected chi connectivity index (χ3v) is 3.68. The first-order valence-corrected chi connectivity index (χ1v) is 6.85. The van der Waals surface area contributed by atoms with Gasteiger partial charge in [-0.3, -0.25) is 9.69 Å². The minimum atomic E-state index is -0.748. The predicted molar refractivity (Wildman–Crippen MR) is 73.8 cm³/mol. The Morgan fingerprint density at radius 2 is 2.22 bits per heavy atom. The Kier molecular flexibility index (Phi) is 6.36. The molecule has 1 rings (SSSR count). The quantitative estimate of drug-likeness (QED) is 0.734. The highest BCUT2D eigenvalue weighted by Crippen LogP contribution is 2.18. The summed E-state index contributed by atoms with van der Waals surface area (Å²) < 4.78 is 0. The molecule has 4 nitrogen and oxygen atoms in total. The molecule has 0 amide bonds. The van der Waals surface area contributed by atoms with Crippen molar-refractivity contribution in [3.05, 3.63) is 12.7 Å². The molecule has 0 aromatic rings. The Bertz CT molecular complexity index is 279. The van der Waals surface area contributed by atoms with Gasteiger partial charge < -0.3 is 10.0 Å². The first-order chi connectivity index (χ1) is 8.54. The Balaban J connectivity index is 2.57. The molecule has 1 heterocycles. The Labute approximate surface area is 110 Å². The highest BCUT2D eigenvalue weighted by atomic mass is 16.4. The summed E-state index contributed by atoms with van der Waals surface area (Å²) in [7, 11) is 0. The number of likely N-dealkylation sites (tertiary alicyclic amines) is 1. The monoisotopic (exact) mass is 254 g/mol. The van der Waals surface area contributed by atoms with Gasteiger partial charge in [0.25, 0.3) is 0 Å². The molecule has 1 N–H and O–H groups in total. The first-order valence-electron chi connectivity index (χ1n) is 6.85. The Morgan fingerprint density at radius 3 is 2.78 bits per heavy atom. The maximum atomic E-state index is 10.9. The number of carboxylic acids is 1. The SMILES string of the molecule is C=CCN(CC(=O)O)C1CCCN(C(C)C)CC1. The van der Waals surface area contributed by atoms with Gasteiger partial charge in [-0.15, -0.1) is 6.58 Å². The lowest BCUT2D eigenvalue weighted by atomic mass is 10.1. The molecule has 0 aliphatic carbocycles. The van der Waals surface area contributed by atoms with E-state index < -0.39 is 5.97 Å². The number of carboxylic acid groups (broad SMARTS) is 1. The highest BCUT2D eigenvalue weighted by molar-refractivity contribution is 5.69. The number of hydrogen-bond acceptors (Lipinski definition) is 3. The van der Waals surface area contributed by atoms with Gasteiger partial charge in [0.2, 0.25) is 0 Å². The molecule has 0 saturated carbocycles. The number of carbonyl (C=O) groups is 1. The number of nitrogens with zero attached hydrogens (tertiary/aromatic N) is 2. The molecule has 1 saturated heterocycles. The van der Waals surface area contributed by atoms with Crippen molar-refractivity contribution >= 4 is 5.97 Å². The van der Waals surface area contributed by atoms with Crippen molar-refractivity contribution in [1.29, 1.82) is 0 Å². The van der Waals surface area contributed by atoms with E-state index in [-0.39, 0.29) is 6.54 Å². The summed E-state index contributed by atoms with van der Waals surface area (Å²) in [6.45, 7) is 11.1. The van der Waals surface area contributed by atoms with Gasteiger partial charge >= 0.3 is 5.97 Å². The summed E-state index contributed by atoms with van der Waals surface area (Å²) in [5, 5.41) is 8.97. The maximum absolute atomic E-state index is 10.9. The van der Waals surface area contributed by atoms with Crippen LogP contribution in [0.25, 0.3) is 0 Å². The number of hydrogen-bond donors (Lipinski definition) is 1. The molecule has 1 fully saturated rings. The summed E-state index contributed by atoms with van der Waals surface area (Å²) in [6.07, 6.45) is 5.09. The fraction of sp³-hybridized carbons (Fsp3) is 0.786. The largest absolute Gasteiger partial charge is 0.480 e. The molecule has 0 radical (unpaired) electrons. The molecule has 1 unspecified atom stereocenters. The van der Waals surface area contributed by atoms with Crippen LogP contribution in [0.3, 0.4) is 0 Å². The van der Waals surface area contributed by atoms with E-state index >= 15 is 0 Å². The first kappa shape index (κ1) is 15.2. The summed E-state index contributed by atoms with van der Waals surface area (Å²) in [4.78, 5) is 15.4. The van der Waals surface area contributed by atoms with Crippen molar-refractivity contribution in [3.8, 4) is 0 Å². The van der Waals surface area contributed by atoms with Gasteiger partial charge in [0.15, 0.2) is 0 Å². The molecule has 0 spiro atoms. The lowest BCUT2D eigenvalue weighted by Crippen LogP contribution is -2.40. The van der Waals surface area contributed by atoms with Crippen molar-refractivity contribution in [2.75, 3.05) is 26.2 Å². The molecular formula is C14H26N2O2. The smallest absolute Gasteiger partial charge is 0.317 e. The van der Waals surface area contributed by atoms with Crippen molar-refractivity contribution in [1.82, 2.24) is 9.80 Å². The van der Waals surface area contributed by atoms with Gasteiger partial charge in [0.05, 0.1) is 6.54 Å². The topological polar surface area (TPSA) is 43.8 Å². The maximum Gasteiger partial charge on any atom is 0.317 e. The Morgan fingerprint density at radius 1 is 1.50 bits per heavy atom. The third-order valence-electron chi connectivity index (χ3n) is 3.68. The molecular weight excluding hydrogens is 228 g/mol.